The van der Waals surface area contributed by atoms with Crippen LogP contribution < -0.4 is 5.32 Å². The van der Waals surface area contributed by atoms with Crippen LogP contribution in [0.15, 0.2) is 43.1 Å². The molecule has 0 radical (unpaired) electrons. The summed E-state index contributed by atoms with van der Waals surface area (Å²) in [6.45, 7) is 13.6. The molecule has 3 atom stereocenters. The van der Waals surface area contributed by atoms with E-state index in [0.717, 1.165) is 43.3 Å². The van der Waals surface area contributed by atoms with Crippen molar-refractivity contribution in [2.24, 2.45) is 5.92 Å². The third-order valence-electron chi connectivity index (χ3n) is 6.16. The lowest BCUT2D eigenvalue weighted by atomic mass is 9.90. The predicted molar refractivity (Wildman–Crippen MR) is 119 cm³/mol. The number of allylic oxidation sites excluding steroid dienone is 1. The van der Waals surface area contributed by atoms with Crippen molar-refractivity contribution in [2.75, 3.05) is 19.7 Å². The van der Waals surface area contributed by atoms with Crippen molar-refractivity contribution in [1.29, 1.82) is 0 Å². The molecule has 1 aromatic carbocycles. The fourth-order valence-corrected chi connectivity index (χ4v) is 4.89. The molecule has 0 spiro atoms. The molecule has 1 aromatic heterocycles. The zero-order chi connectivity index (χ0) is 21.0. The van der Waals surface area contributed by atoms with Gasteiger partial charge in [-0.25, -0.2) is 0 Å². The molecule has 6 heteroatoms. The molecule has 0 aliphatic carbocycles. The molecule has 1 aliphatic heterocycles. The van der Waals surface area contributed by atoms with Crippen molar-refractivity contribution in [2.45, 2.75) is 51.9 Å². The molecule has 0 saturated carbocycles. The number of aromatic nitrogens is 2. The normalized spacial score (nSPS) is 24.9. The molecule has 2 aromatic rings. The molecule has 0 amide bonds. The van der Waals surface area contributed by atoms with Gasteiger partial charge in [0.2, 0.25) is 0 Å². The standard InChI is InChI=1S/C23H33ClN4O/c1-5-11-27-15-20(17(3)26-27)14-25-13-19-12-23(4,16-29)28(6-2)22(19)18-7-9-21(24)10-8-18/h5,7-10,15,19,22,25,29H,1,6,11-14,16H2,2-4H3/t19-,22+,23+/m0/s1. The van der Waals surface area contributed by atoms with Crippen molar-refractivity contribution >= 4 is 11.6 Å². The first-order chi connectivity index (χ1) is 13.9. The Morgan fingerprint density at radius 3 is 2.72 bits per heavy atom. The summed E-state index contributed by atoms with van der Waals surface area (Å²) in [4.78, 5) is 2.44. The summed E-state index contributed by atoms with van der Waals surface area (Å²) in [6.07, 6.45) is 4.89. The van der Waals surface area contributed by atoms with Crippen LogP contribution in [0.3, 0.4) is 0 Å². The molecule has 158 valence electrons. The molecule has 29 heavy (non-hydrogen) atoms. The Hall–Kier alpha value is -1.66. The molecule has 5 nitrogen and oxygen atoms in total. The van der Waals surface area contributed by atoms with Gasteiger partial charge in [-0.2, -0.15) is 5.10 Å². The highest BCUT2D eigenvalue weighted by atomic mass is 35.5. The molecule has 1 aliphatic rings. The summed E-state index contributed by atoms with van der Waals surface area (Å²) < 4.78 is 1.92. The van der Waals surface area contributed by atoms with Gasteiger partial charge in [0.15, 0.2) is 0 Å². The summed E-state index contributed by atoms with van der Waals surface area (Å²) in [6, 6.07) is 8.42. The van der Waals surface area contributed by atoms with E-state index in [1.165, 1.54) is 11.1 Å². The number of aryl methyl sites for hydroxylation is 1. The Morgan fingerprint density at radius 1 is 1.38 bits per heavy atom. The van der Waals surface area contributed by atoms with E-state index in [1.807, 2.05) is 29.8 Å². The first-order valence-electron chi connectivity index (χ1n) is 10.4. The maximum Gasteiger partial charge on any atom is 0.0638 e. The largest absolute Gasteiger partial charge is 0.394 e. The fourth-order valence-electron chi connectivity index (χ4n) is 4.76. The minimum Gasteiger partial charge on any atom is -0.394 e. The smallest absolute Gasteiger partial charge is 0.0638 e. The molecular formula is C23H33ClN4O. The van der Waals surface area contributed by atoms with Crippen LogP contribution in [0.1, 0.15) is 43.1 Å². The number of likely N-dealkylation sites (N-methyl/N-ethyl adjacent to an activating group) is 1. The average molecular weight is 417 g/mol. The van der Waals surface area contributed by atoms with Gasteiger partial charge in [-0.1, -0.05) is 36.7 Å². The summed E-state index contributed by atoms with van der Waals surface area (Å²) >= 11 is 6.12. The number of nitrogens with zero attached hydrogens (tertiary/aromatic N) is 3. The van der Waals surface area contributed by atoms with E-state index < -0.39 is 0 Å². The van der Waals surface area contributed by atoms with Gasteiger partial charge in [0.25, 0.3) is 0 Å². The van der Waals surface area contributed by atoms with Gasteiger partial charge in [0.1, 0.15) is 0 Å². The van der Waals surface area contributed by atoms with E-state index >= 15 is 0 Å². The zero-order valence-electron chi connectivity index (χ0n) is 17.7. The van der Waals surface area contributed by atoms with Gasteiger partial charge in [-0.05, 0) is 50.4 Å². The van der Waals surface area contributed by atoms with Gasteiger partial charge in [-0.3, -0.25) is 9.58 Å². The fraction of sp³-hybridized carbons (Fsp3) is 0.522. The third-order valence-corrected chi connectivity index (χ3v) is 6.41. The number of aliphatic hydroxyl groups excluding tert-OH is 1. The number of benzene rings is 1. The summed E-state index contributed by atoms with van der Waals surface area (Å²) in [5.74, 6) is 0.400. The minimum atomic E-state index is -0.212. The highest BCUT2D eigenvalue weighted by molar-refractivity contribution is 6.30. The van der Waals surface area contributed by atoms with Crippen molar-refractivity contribution in [3.05, 3.63) is 65.0 Å². The van der Waals surface area contributed by atoms with Crippen molar-refractivity contribution in [1.82, 2.24) is 20.0 Å². The van der Waals surface area contributed by atoms with Crippen LogP contribution in [-0.2, 0) is 13.1 Å². The zero-order valence-corrected chi connectivity index (χ0v) is 18.5. The number of halogens is 1. The molecule has 1 saturated heterocycles. The monoisotopic (exact) mass is 416 g/mol. The van der Waals surface area contributed by atoms with Crippen molar-refractivity contribution in [3.63, 3.8) is 0 Å². The van der Waals surface area contributed by atoms with Crippen LogP contribution in [0.2, 0.25) is 5.02 Å². The topological polar surface area (TPSA) is 53.3 Å². The van der Waals surface area contributed by atoms with Gasteiger partial charge >= 0.3 is 0 Å². The lowest BCUT2D eigenvalue weighted by Crippen LogP contribution is -2.45. The van der Waals surface area contributed by atoms with Crippen molar-refractivity contribution < 1.29 is 5.11 Å². The number of aliphatic hydroxyl groups is 1. The van der Waals surface area contributed by atoms with E-state index in [-0.39, 0.29) is 18.2 Å². The van der Waals surface area contributed by atoms with E-state index in [1.54, 1.807) is 0 Å². The summed E-state index contributed by atoms with van der Waals surface area (Å²) in [5.41, 5.74) is 3.31. The Labute approximate surface area is 179 Å². The van der Waals surface area contributed by atoms with E-state index in [2.05, 4.69) is 54.1 Å². The van der Waals surface area contributed by atoms with Crippen LogP contribution in [0.25, 0.3) is 0 Å². The molecule has 2 heterocycles. The molecule has 1 fully saturated rings. The van der Waals surface area contributed by atoms with Crippen LogP contribution >= 0.6 is 11.6 Å². The maximum atomic E-state index is 10.1. The maximum absolute atomic E-state index is 10.1. The lowest BCUT2D eigenvalue weighted by Gasteiger charge is -2.37. The van der Waals surface area contributed by atoms with Crippen LogP contribution in [-0.4, -0.2) is 45.0 Å². The Morgan fingerprint density at radius 2 is 2.10 bits per heavy atom. The first-order valence-corrected chi connectivity index (χ1v) is 10.8. The Kier molecular flexibility index (Phi) is 7.17. The minimum absolute atomic E-state index is 0.162. The quantitative estimate of drug-likeness (QED) is 0.607. The van der Waals surface area contributed by atoms with Gasteiger partial charge < -0.3 is 10.4 Å². The number of nitrogens with one attached hydrogen (secondary N) is 1. The number of hydrogen-bond donors (Lipinski definition) is 2. The lowest BCUT2D eigenvalue weighted by molar-refractivity contribution is 0.0579. The first kappa shape index (κ1) is 22.0. The number of hydrogen-bond acceptors (Lipinski definition) is 4. The van der Waals surface area contributed by atoms with Gasteiger partial charge in [0.05, 0.1) is 18.8 Å². The summed E-state index contributed by atoms with van der Waals surface area (Å²) in [7, 11) is 0. The highest BCUT2D eigenvalue weighted by Gasteiger charge is 2.47. The second kappa shape index (κ2) is 9.43. The second-order valence-electron chi connectivity index (χ2n) is 8.28. The number of likely N-dealkylation sites (tertiary alicyclic amines) is 1. The van der Waals surface area contributed by atoms with Gasteiger partial charge in [-0.15, -0.1) is 6.58 Å². The molecule has 3 rings (SSSR count). The summed E-state index contributed by atoms with van der Waals surface area (Å²) in [5, 5.41) is 19.1. The molecule has 0 bridgehead atoms. The Bertz CT molecular complexity index is 819. The molecule has 0 unspecified atom stereocenters. The second-order valence-corrected chi connectivity index (χ2v) is 8.72. The molecular weight excluding hydrogens is 384 g/mol. The van der Waals surface area contributed by atoms with E-state index in [4.69, 9.17) is 11.6 Å². The number of rotatable bonds is 9. The predicted octanol–water partition coefficient (Wildman–Crippen LogP) is 3.95. The van der Waals surface area contributed by atoms with Crippen LogP contribution in [0.5, 0.6) is 0 Å². The highest BCUT2D eigenvalue weighted by Crippen LogP contribution is 2.46. The SMILES string of the molecule is C=CCn1cc(CNC[C@@H]2C[C@](C)(CO)N(CC)[C@@H]2c2ccc(Cl)cc2)c(C)n1. The molecule has 2 N–H and O–H groups in total. The van der Waals surface area contributed by atoms with Crippen LogP contribution in [0.4, 0.5) is 0 Å². The Balaban J connectivity index is 1.74. The average Bonchev–Trinajstić information content (AvgIpc) is 3.19. The third kappa shape index (κ3) is 4.75. The van der Waals surface area contributed by atoms with E-state index in [0.29, 0.717) is 5.92 Å². The van der Waals surface area contributed by atoms with Crippen molar-refractivity contribution in [3.8, 4) is 0 Å². The van der Waals surface area contributed by atoms with Crippen LogP contribution in [0, 0.1) is 12.8 Å². The van der Waals surface area contributed by atoms with Gasteiger partial charge in [0, 0.05) is 41.5 Å². The van der Waals surface area contributed by atoms with E-state index in [9.17, 15) is 5.11 Å².